The number of thiocarbonyl (C=S) groups is 1. The predicted molar refractivity (Wildman–Crippen MR) is 101 cm³/mol. The van der Waals surface area contributed by atoms with Crippen LogP contribution in [-0.4, -0.2) is 36.3 Å². The van der Waals surface area contributed by atoms with Crippen molar-refractivity contribution in [2.24, 2.45) is 0 Å². The smallest absolute Gasteiger partial charge is 0.173 e. The van der Waals surface area contributed by atoms with Gasteiger partial charge in [-0.05, 0) is 48.5 Å². The van der Waals surface area contributed by atoms with Gasteiger partial charge >= 0.3 is 0 Å². The van der Waals surface area contributed by atoms with Gasteiger partial charge in [0.05, 0.1) is 6.54 Å². The Morgan fingerprint density at radius 1 is 1.17 bits per heavy atom. The standard InChI is InChI=1S/C19H22N2O2S/c1-3-14-8-10-15(11-9-14)20-19(24)21(2)12-16-13-22-17-6-4-5-7-18(17)23-16/h4-11,16H,3,12-13H2,1-2H3,(H,20,24)/t16-/m0/s1. The van der Waals surface area contributed by atoms with Crippen LogP contribution in [-0.2, 0) is 6.42 Å². The lowest BCUT2D eigenvalue weighted by Gasteiger charge is -2.30. The SMILES string of the molecule is CCc1ccc(NC(=S)N(C)C[C@H]2COc3ccccc3O2)cc1. The first-order chi connectivity index (χ1) is 11.7. The van der Waals surface area contributed by atoms with E-state index in [0.717, 1.165) is 23.6 Å². The van der Waals surface area contributed by atoms with E-state index in [-0.39, 0.29) is 6.10 Å². The van der Waals surface area contributed by atoms with E-state index in [0.29, 0.717) is 18.3 Å². The van der Waals surface area contributed by atoms with E-state index in [2.05, 4.69) is 36.5 Å². The maximum Gasteiger partial charge on any atom is 0.173 e. The number of nitrogens with zero attached hydrogens (tertiary/aromatic N) is 1. The third-order valence-electron chi connectivity index (χ3n) is 4.01. The number of fused-ring (bicyclic) bond motifs is 1. The van der Waals surface area contributed by atoms with Gasteiger partial charge in [-0.15, -0.1) is 0 Å². The Hall–Kier alpha value is -2.27. The van der Waals surface area contributed by atoms with E-state index in [9.17, 15) is 0 Å². The minimum absolute atomic E-state index is 0.0490. The van der Waals surface area contributed by atoms with Crippen molar-refractivity contribution < 1.29 is 9.47 Å². The van der Waals surface area contributed by atoms with Crippen LogP contribution in [0.5, 0.6) is 11.5 Å². The average Bonchev–Trinajstić information content (AvgIpc) is 2.62. The molecule has 0 unspecified atom stereocenters. The Morgan fingerprint density at radius 2 is 1.88 bits per heavy atom. The molecule has 0 aliphatic carbocycles. The third kappa shape index (κ3) is 3.97. The summed E-state index contributed by atoms with van der Waals surface area (Å²) in [6.45, 7) is 3.33. The number of hydrogen-bond acceptors (Lipinski definition) is 3. The van der Waals surface area contributed by atoms with Gasteiger partial charge in [-0.3, -0.25) is 0 Å². The van der Waals surface area contributed by atoms with Gasteiger partial charge in [-0.1, -0.05) is 31.2 Å². The molecule has 0 spiro atoms. The van der Waals surface area contributed by atoms with Crippen LogP contribution >= 0.6 is 12.2 Å². The lowest BCUT2D eigenvalue weighted by Crippen LogP contribution is -2.43. The van der Waals surface area contributed by atoms with Crippen molar-refractivity contribution in [3.63, 3.8) is 0 Å². The van der Waals surface area contributed by atoms with Crippen molar-refractivity contribution in [1.82, 2.24) is 4.90 Å². The van der Waals surface area contributed by atoms with Crippen LogP contribution in [0.3, 0.4) is 0 Å². The minimum atomic E-state index is -0.0490. The first-order valence-electron chi connectivity index (χ1n) is 8.15. The van der Waals surface area contributed by atoms with E-state index in [1.54, 1.807) is 0 Å². The molecule has 0 saturated heterocycles. The first-order valence-corrected chi connectivity index (χ1v) is 8.56. The molecule has 3 rings (SSSR count). The second kappa shape index (κ2) is 7.53. The zero-order valence-electron chi connectivity index (χ0n) is 14.0. The average molecular weight is 342 g/mol. The van der Waals surface area contributed by atoms with E-state index >= 15 is 0 Å². The molecule has 1 aliphatic rings. The summed E-state index contributed by atoms with van der Waals surface area (Å²) >= 11 is 5.48. The first kappa shape index (κ1) is 16.6. The van der Waals surface area contributed by atoms with E-state index in [4.69, 9.17) is 21.7 Å². The van der Waals surface area contributed by atoms with Gasteiger partial charge in [0.15, 0.2) is 22.7 Å². The van der Waals surface area contributed by atoms with Gasteiger partial charge in [0.25, 0.3) is 0 Å². The highest BCUT2D eigenvalue weighted by Crippen LogP contribution is 2.30. The van der Waals surface area contributed by atoms with Gasteiger partial charge in [0, 0.05) is 12.7 Å². The summed E-state index contributed by atoms with van der Waals surface area (Å²) in [5.41, 5.74) is 2.31. The molecule has 1 aliphatic heterocycles. The molecule has 0 saturated carbocycles. The normalized spacial score (nSPS) is 15.7. The number of aryl methyl sites for hydroxylation is 1. The molecule has 0 amide bonds. The monoisotopic (exact) mass is 342 g/mol. The number of likely N-dealkylation sites (N-methyl/N-ethyl adjacent to an activating group) is 1. The highest BCUT2D eigenvalue weighted by atomic mass is 32.1. The Morgan fingerprint density at radius 3 is 2.58 bits per heavy atom. The topological polar surface area (TPSA) is 33.7 Å². The number of rotatable bonds is 4. The van der Waals surface area contributed by atoms with Crippen LogP contribution in [0.2, 0.25) is 0 Å². The molecular formula is C19H22N2O2S. The Balaban J connectivity index is 1.54. The fraction of sp³-hybridized carbons (Fsp3) is 0.316. The lowest BCUT2D eigenvalue weighted by atomic mass is 10.1. The Labute approximate surface area is 148 Å². The molecule has 0 radical (unpaired) electrons. The molecule has 1 heterocycles. The van der Waals surface area contributed by atoms with Crippen LogP contribution in [0.1, 0.15) is 12.5 Å². The van der Waals surface area contributed by atoms with Crippen LogP contribution in [0.15, 0.2) is 48.5 Å². The molecule has 0 bridgehead atoms. The second-order valence-electron chi connectivity index (χ2n) is 5.86. The number of para-hydroxylation sites is 2. The number of ether oxygens (including phenoxy) is 2. The third-order valence-corrected chi connectivity index (χ3v) is 4.42. The van der Waals surface area contributed by atoms with Crippen molar-refractivity contribution in [2.75, 3.05) is 25.5 Å². The fourth-order valence-corrected chi connectivity index (χ4v) is 2.78. The van der Waals surface area contributed by atoms with Crippen molar-refractivity contribution in [2.45, 2.75) is 19.4 Å². The van der Waals surface area contributed by atoms with Gasteiger partial charge in [0.1, 0.15) is 6.61 Å². The van der Waals surface area contributed by atoms with E-state index < -0.39 is 0 Å². The van der Waals surface area contributed by atoms with Gasteiger partial charge in [-0.2, -0.15) is 0 Å². The predicted octanol–water partition coefficient (Wildman–Crippen LogP) is 3.72. The summed E-state index contributed by atoms with van der Waals surface area (Å²) in [6.07, 6.45) is 0.984. The lowest BCUT2D eigenvalue weighted by molar-refractivity contribution is 0.0784. The Kier molecular flexibility index (Phi) is 5.20. The minimum Gasteiger partial charge on any atom is -0.486 e. The molecule has 5 heteroatoms. The van der Waals surface area contributed by atoms with Crippen LogP contribution in [0, 0.1) is 0 Å². The molecule has 2 aromatic rings. The summed E-state index contributed by atoms with van der Waals surface area (Å²) in [6, 6.07) is 16.1. The maximum absolute atomic E-state index is 5.98. The number of benzene rings is 2. The summed E-state index contributed by atoms with van der Waals surface area (Å²) < 4.78 is 11.7. The van der Waals surface area contributed by atoms with Gasteiger partial charge in [-0.25, -0.2) is 0 Å². The zero-order chi connectivity index (χ0) is 16.9. The molecule has 1 N–H and O–H groups in total. The highest BCUT2D eigenvalue weighted by Gasteiger charge is 2.22. The molecular weight excluding hydrogens is 320 g/mol. The van der Waals surface area contributed by atoms with Crippen LogP contribution in [0.4, 0.5) is 5.69 Å². The molecule has 4 nitrogen and oxygen atoms in total. The zero-order valence-corrected chi connectivity index (χ0v) is 14.8. The van der Waals surface area contributed by atoms with E-state index in [1.807, 2.05) is 36.2 Å². The highest BCUT2D eigenvalue weighted by molar-refractivity contribution is 7.80. The van der Waals surface area contributed by atoms with Crippen LogP contribution in [0.25, 0.3) is 0 Å². The number of anilines is 1. The Bertz CT molecular complexity index is 703. The molecule has 0 aromatic heterocycles. The second-order valence-corrected chi connectivity index (χ2v) is 6.25. The van der Waals surface area contributed by atoms with Crippen molar-refractivity contribution in [1.29, 1.82) is 0 Å². The maximum atomic E-state index is 5.98. The van der Waals surface area contributed by atoms with Gasteiger partial charge < -0.3 is 19.7 Å². The molecule has 0 fully saturated rings. The summed E-state index contributed by atoms with van der Waals surface area (Å²) in [5, 5.41) is 3.93. The molecule has 2 aromatic carbocycles. The van der Waals surface area contributed by atoms with Crippen molar-refractivity contribution in [3.05, 3.63) is 54.1 Å². The van der Waals surface area contributed by atoms with Crippen molar-refractivity contribution >= 4 is 23.0 Å². The molecule has 126 valence electrons. The summed E-state index contributed by atoms with van der Waals surface area (Å²) in [5.74, 6) is 1.59. The molecule has 24 heavy (non-hydrogen) atoms. The summed E-state index contributed by atoms with van der Waals surface area (Å²) in [7, 11) is 1.96. The fourth-order valence-electron chi connectivity index (χ4n) is 2.58. The number of hydrogen-bond donors (Lipinski definition) is 1. The number of nitrogens with one attached hydrogen (secondary N) is 1. The molecule has 1 atom stereocenters. The van der Waals surface area contributed by atoms with Crippen molar-refractivity contribution in [3.8, 4) is 11.5 Å². The van der Waals surface area contributed by atoms with Crippen LogP contribution < -0.4 is 14.8 Å². The van der Waals surface area contributed by atoms with E-state index in [1.165, 1.54) is 5.56 Å². The largest absolute Gasteiger partial charge is 0.486 e. The quantitative estimate of drug-likeness (QED) is 0.857. The van der Waals surface area contributed by atoms with Gasteiger partial charge in [0.2, 0.25) is 0 Å². The summed E-state index contributed by atoms with van der Waals surface area (Å²) in [4.78, 5) is 1.98.